The summed E-state index contributed by atoms with van der Waals surface area (Å²) < 4.78 is 16.0. The third-order valence-corrected chi connectivity index (χ3v) is 5.73. The SMILES string of the molecule is CCCCCCCCc1ccc(C(=O)Nc2ccccc2O/C(=C/C(=O)OCCC)C(=O)OCCC)cc1. The Labute approximate surface area is 226 Å². The molecular formula is C31H41NO6. The number of para-hydroxylation sites is 2. The highest BCUT2D eigenvalue weighted by atomic mass is 16.6. The molecule has 38 heavy (non-hydrogen) atoms. The third-order valence-electron chi connectivity index (χ3n) is 5.73. The third kappa shape index (κ3) is 11.2. The van der Waals surface area contributed by atoms with E-state index in [2.05, 4.69) is 12.2 Å². The van der Waals surface area contributed by atoms with Gasteiger partial charge in [-0.05, 0) is 55.5 Å². The fourth-order valence-corrected chi connectivity index (χ4v) is 3.65. The molecule has 0 bridgehead atoms. The second-order valence-electron chi connectivity index (χ2n) is 9.08. The van der Waals surface area contributed by atoms with Gasteiger partial charge in [0.2, 0.25) is 5.76 Å². The fourth-order valence-electron chi connectivity index (χ4n) is 3.65. The Morgan fingerprint density at radius 3 is 2.13 bits per heavy atom. The molecule has 7 nitrogen and oxygen atoms in total. The van der Waals surface area contributed by atoms with E-state index in [4.69, 9.17) is 14.2 Å². The van der Waals surface area contributed by atoms with Crippen LogP contribution < -0.4 is 10.1 Å². The van der Waals surface area contributed by atoms with Crippen molar-refractivity contribution < 1.29 is 28.6 Å². The van der Waals surface area contributed by atoms with Crippen LogP contribution in [0.3, 0.4) is 0 Å². The number of benzene rings is 2. The summed E-state index contributed by atoms with van der Waals surface area (Å²) in [5.74, 6) is -1.93. The van der Waals surface area contributed by atoms with E-state index in [1.807, 2.05) is 38.1 Å². The van der Waals surface area contributed by atoms with Crippen LogP contribution in [0.15, 0.2) is 60.4 Å². The summed E-state index contributed by atoms with van der Waals surface area (Å²) in [5, 5.41) is 2.83. The molecule has 2 aromatic rings. The van der Waals surface area contributed by atoms with Crippen molar-refractivity contribution in [1.29, 1.82) is 0 Å². The van der Waals surface area contributed by atoms with Crippen molar-refractivity contribution >= 4 is 23.5 Å². The Morgan fingerprint density at radius 2 is 1.42 bits per heavy atom. The van der Waals surface area contributed by atoms with Gasteiger partial charge in [-0.3, -0.25) is 4.79 Å². The normalized spacial score (nSPS) is 11.1. The largest absolute Gasteiger partial charge is 0.462 e. The minimum Gasteiger partial charge on any atom is -0.462 e. The van der Waals surface area contributed by atoms with E-state index in [1.54, 1.807) is 24.3 Å². The lowest BCUT2D eigenvalue weighted by Gasteiger charge is -2.14. The summed E-state index contributed by atoms with van der Waals surface area (Å²) in [6, 6.07) is 14.3. The van der Waals surface area contributed by atoms with Crippen molar-refractivity contribution in [2.45, 2.75) is 78.6 Å². The molecule has 2 aromatic carbocycles. The molecule has 0 unspecified atom stereocenters. The maximum absolute atomic E-state index is 12.9. The molecule has 0 radical (unpaired) electrons. The van der Waals surface area contributed by atoms with Gasteiger partial charge in [0, 0.05) is 5.56 Å². The Bertz CT molecular complexity index is 1040. The molecule has 1 amide bonds. The first-order chi connectivity index (χ1) is 18.5. The van der Waals surface area contributed by atoms with Crippen LogP contribution in [0.2, 0.25) is 0 Å². The van der Waals surface area contributed by atoms with Crippen LogP contribution >= 0.6 is 0 Å². The van der Waals surface area contributed by atoms with Gasteiger partial charge in [0.1, 0.15) is 0 Å². The van der Waals surface area contributed by atoms with Crippen molar-refractivity contribution in [1.82, 2.24) is 0 Å². The highest BCUT2D eigenvalue weighted by Gasteiger charge is 2.19. The van der Waals surface area contributed by atoms with Gasteiger partial charge in [0.25, 0.3) is 5.91 Å². The van der Waals surface area contributed by atoms with Gasteiger partial charge in [-0.15, -0.1) is 0 Å². The van der Waals surface area contributed by atoms with E-state index in [-0.39, 0.29) is 30.6 Å². The molecule has 0 fully saturated rings. The Balaban J connectivity index is 2.07. The molecule has 0 aromatic heterocycles. The molecule has 0 saturated carbocycles. The summed E-state index contributed by atoms with van der Waals surface area (Å²) in [7, 11) is 0. The number of nitrogens with one attached hydrogen (secondary N) is 1. The van der Waals surface area contributed by atoms with E-state index in [0.29, 0.717) is 24.1 Å². The monoisotopic (exact) mass is 523 g/mol. The van der Waals surface area contributed by atoms with Gasteiger partial charge in [0.05, 0.1) is 25.0 Å². The second-order valence-corrected chi connectivity index (χ2v) is 9.08. The molecule has 0 aliphatic rings. The average Bonchev–Trinajstić information content (AvgIpc) is 2.93. The number of esters is 2. The van der Waals surface area contributed by atoms with Gasteiger partial charge in [0.15, 0.2) is 5.75 Å². The van der Waals surface area contributed by atoms with Crippen LogP contribution in [-0.2, 0) is 25.5 Å². The first-order valence-electron chi connectivity index (χ1n) is 13.7. The predicted molar refractivity (Wildman–Crippen MR) is 149 cm³/mol. The van der Waals surface area contributed by atoms with Crippen molar-refractivity contribution in [3.8, 4) is 5.75 Å². The van der Waals surface area contributed by atoms with E-state index in [9.17, 15) is 14.4 Å². The van der Waals surface area contributed by atoms with Crippen LogP contribution in [0.1, 0.15) is 88.1 Å². The van der Waals surface area contributed by atoms with Crippen LogP contribution in [0.25, 0.3) is 0 Å². The summed E-state index contributed by atoms with van der Waals surface area (Å²) in [4.78, 5) is 37.6. The second kappa shape index (κ2) is 17.8. The number of carbonyl (C=O) groups excluding carboxylic acids is 3. The minimum atomic E-state index is -0.789. The summed E-state index contributed by atoms with van der Waals surface area (Å²) >= 11 is 0. The minimum absolute atomic E-state index is 0.177. The lowest BCUT2D eigenvalue weighted by Crippen LogP contribution is -2.18. The molecule has 2 rings (SSSR count). The van der Waals surface area contributed by atoms with Crippen LogP contribution in [0.4, 0.5) is 5.69 Å². The standard InChI is InChI=1S/C31H41NO6/c1-4-7-8-9-10-11-14-24-17-19-25(20-18-24)30(34)32-26-15-12-13-16-27(26)38-28(31(35)37-22-6-3)23-29(33)36-21-5-2/h12-13,15-20,23H,4-11,14,21-22H2,1-3H3,(H,32,34)/b28-23+. The molecule has 0 heterocycles. The molecule has 0 aliphatic carbocycles. The number of carbonyl (C=O) groups is 3. The molecule has 0 saturated heterocycles. The highest BCUT2D eigenvalue weighted by Crippen LogP contribution is 2.27. The van der Waals surface area contributed by atoms with Crippen molar-refractivity contribution in [3.63, 3.8) is 0 Å². The number of hydrogen-bond donors (Lipinski definition) is 1. The maximum Gasteiger partial charge on any atom is 0.374 e. The first kappa shape index (κ1) is 30.6. The van der Waals surface area contributed by atoms with E-state index >= 15 is 0 Å². The number of ether oxygens (including phenoxy) is 3. The van der Waals surface area contributed by atoms with Crippen LogP contribution in [0.5, 0.6) is 5.75 Å². The lowest BCUT2D eigenvalue weighted by molar-refractivity contribution is -0.143. The molecule has 7 heteroatoms. The smallest absolute Gasteiger partial charge is 0.374 e. The maximum atomic E-state index is 12.9. The van der Waals surface area contributed by atoms with E-state index in [0.717, 1.165) is 18.9 Å². The van der Waals surface area contributed by atoms with Crippen LogP contribution in [-0.4, -0.2) is 31.1 Å². The molecule has 206 valence electrons. The van der Waals surface area contributed by atoms with Crippen molar-refractivity contribution in [2.75, 3.05) is 18.5 Å². The molecule has 0 aliphatic heterocycles. The Kier molecular flexibility index (Phi) is 14.3. The Hall–Kier alpha value is -3.61. The average molecular weight is 524 g/mol. The number of amides is 1. The van der Waals surface area contributed by atoms with Crippen molar-refractivity contribution in [2.24, 2.45) is 0 Å². The lowest BCUT2D eigenvalue weighted by atomic mass is 10.0. The zero-order valence-corrected chi connectivity index (χ0v) is 22.9. The van der Waals surface area contributed by atoms with Gasteiger partial charge < -0.3 is 19.5 Å². The van der Waals surface area contributed by atoms with E-state index in [1.165, 1.54) is 37.7 Å². The fraction of sp³-hybridized carbons (Fsp3) is 0.452. The first-order valence-corrected chi connectivity index (χ1v) is 13.7. The van der Waals surface area contributed by atoms with Crippen molar-refractivity contribution in [3.05, 3.63) is 71.5 Å². The van der Waals surface area contributed by atoms with Crippen LogP contribution in [0, 0.1) is 0 Å². The number of aryl methyl sites for hydroxylation is 1. The van der Waals surface area contributed by atoms with E-state index < -0.39 is 11.9 Å². The number of rotatable bonds is 17. The number of unbranched alkanes of at least 4 members (excludes halogenated alkanes) is 5. The zero-order chi connectivity index (χ0) is 27.6. The quantitative estimate of drug-likeness (QED) is 0.104. The summed E-state index contributed by atoms with van der Waals surface area (Å²) in [6.45, 7) is 6.34. The zero-order valence-electron chi connectivity index (χ0n) is 22.9. The Morgan fingerprint density at radius 1 is 0.763 bits per heavy atom. The summed E-state index contributed by atoms with van der Waals surface area (Å²) in [6.07, 6.45) is 10.7. The molecule has 1 N–H and O–H groups in total. The molecular weight excluding hydrogens is 482 g/mol. The highest BCUT2D eigenvalue weighted by molar-refractivity contribution is 6.05. The van der Waals surface area contributed by atoms with Gasteiger partial charge in [-0.25, -0.2) is 9.59 Å². The number of anilines is 1. The van der Waals surface area contributed by atoms with Gasteiger partial charge >= 0.3 is 11.9 Å². The molecule has 0 spiro atoms. The predicted octanol–water partition coefficient (Wildman–Crippen LogP) is 7.01. The molecule has 0 atom stereocenters. The summed E-state index contributed by atoms with van der Waals surface area (Å²) in [5.41, 5.74) is 2.06. The van der Waals surface area contributed by atoms with Gasteiger partial charge in [-0.1, -0.05) is 77.1 Å². The number of hydrogen-bond acceptors (Lipinski definition) is 6. The topological polar surface area (TPSA) is 90.9 Å². The van der Waals surface area contributed by atoms with Gasteiger partial charge in [-0.2, -0.15) is 0 Å².